The Morgan fingerprint density at radius 1 is 1.55 bits per heavy atom. The smallest absolute Gasteiger partial charge is 0.328 e. The molecule has 106 valence electrons. The van der Waals surface area contributed by atoms with Gasteiger partial charge in [0.05, 0.1) is 12.7 Å². The molecule has 0 bridgehead atoms. The van der Waals surface area contributed by atoms with Crippen LogP contribution in [0, 0.1) is 17.2 Å². The largest absolute Gasteiger partial charge is 0.465 e. The fraction of sp³-hybridized carbons (Fsp3) is 0.357. The van der Waals surface area contributed by atoms with E-state index in [4.69, 9.17) is 33.2 Å². The zero-order chi connectivity index (χ0) is 15.0. The van der Waals surface area contributed by atoms with E-state index in [-0.39, 0.29) is 6.61 Å². The number of aliphatic imine (C=N–C) groups is 1. The van der Waals surface area contributed by atoms with Crippen LogP contribution in [-0.2, 0) is 16.0 Å². The quantitative estimate of drug-likeness (QED) is 0.598. The molecule has 0 saturated carbocycles. The highest BCUT2D eigenvalue weighted by Crippen LogP contribution is 2.21. The van der Waals surface area contributed by atoms with Crippen LogP contribution in [0.25, 0.3) is 0 Å². The summed E-state index contributed by atoms with van der Waals surface area (Å²) in [4.78, 5) is 15.4. The van der Waals surface area contributed by atoms with Crippen molar-refractivity contribution in [2.45, 2.75) is 13.3 Å². The van der Waals surface area contributed by atoms with E-state index in [1.807, 2.05) is 12.1 Å². The second kappa shape index (κ2) is 8.57. The van der Waals surface area contributed by atoms with E-state index >= 15 is 0 Å². The molecule has 1 aromatic rings. The van der Waals surface area contributed by atoms with Crippen LogP contribution in [0.3, 0.4) is 0 Å². The molecule has 0 radical (unpaired) electrons. The molecule has 0 heterocycles. The standard InChI is InChI=1S/C14H14Cl2N2O2/c1-2-20-14(19)11(8-17)9-18-6-5-10-3-4-12(15)7-13(10)16/h3-4,7,9,11H,2,5-6H2,1H3/t11-/m0/s1. The molecule has 0 unspecified atom stereocenters. The van der Waals surface area contributed by atoms with Crippen LogP contribution in [0.4, 0.5) is 0 Å². The van der Waals surface area contributed by atoms with Crippen molar-refractivity contribution >= 4 is 35.4 Å². The number of hydrogen-bond acceptors (Lipinski definition) is 4. The van der Waals surface area contributed by atoms with Gasteiger partial charge in [0.25, 0.3) is 0 Å². The molecule has 0 spiro atoms. The first-order chi connectivity index (χ1) is 9.58. The fourth-order valence-electron chi connectivity index (χ4n) is 1.47. The maximum absolute atomic E-state index is 11.4. The van der Waals surface area contributed by atoms with E-state index in [2.05, 4.69) is 4.99 Å². The van der Waals surface area contributed by atoms with Crippen molar-refractivity contribution in [1.82, 2.24) is 0 Å². The van der Waals surface area contributed by atoms with Crippen molar-refractivity contribution in [3.05, 3.63) is 33.8 Å². The van der Waals surface area contributed by atoms with Crippen LogP contribution >= 0.6 is 23.2 Å². The zero-order valence-corrected chi connectivity index (χ0v) is 12.5. The van der Waals surface area contributed by atoms with Crippen molar-refractivity contribution in [1.29, 1.82) is 5.26 Å². The monoisotopic (exact) mass is 312 g/mol. The first kappa shape index (κ1) is 16.5. The van der Waals surface area contributed by atoms with E-state index in [0.717, 1.165) is 5.56 Å². The van der Waals surface area contributed by atoms with Crippen LogP contribution in [0.15, 0.2) is 23.2 Å². The molecule has 4 nitrogen and oxygen atoms in total. The van der Waals surface area contributed by atoms with Gasteiger partial charge in [-0.05, 0) is 31.0 Å². The number of ether oxygens (including phenoxy) is 1. The molecule has 1 aromatic carbocycles. The molecule has 0 amide bonds. The number of rotatable bonds is 6. The van der Waals surface area contributed by atoms with Gasteiger partial charge in [0.1, 0.15) is 0 Å². The van der Waals surface area contributed by atoms with E-state index in [0.29, 0.717) is 23.0 Å². The molecule has 0 aromatic heterocycles. The van der Waals surface area contributed by atoms with Gasteiger partial charge in [-0.1, -0.05) is 29.3 Å². The van der Waals surface area contributed by atoms with Gasteiger partial charge in [0, 0.05) is 22.8 Å². The second-order valence-electron chi connectivity index (χ2n) is 3.90. The van der Waals surface area contributed by atoms with Crippen molar-refractivity contribution in [2.24, 2.45) is 10.9 Å². The molecule has 0 aliphatic heterocycles. The highest BCUT2D eigenvalue weighted by Gasteiger charge is 2.15. The molecule has 0 fully saturated rings. The summed E-state index contributed by atoms with van der Waals surface area (Å²) in [6.45, 7) is 2.36. The van der Waals surface area contributed by atoms with Crippen molar-refractivity contribution < 1.29 is 9.53 Å². The predicted molar refractivity (Wildman–Crippen MR) is 79.3 cm³/mol. The van der Waals surface area contributed by atoms with Gasteiger partial charge >= 0.3 is 5.97 Å². The van der Waals surface area contributed by atoms with E-state index < -0.39 is 11.9 Å². The number of carbonyl (C=O) groups is 1. The highest BCUT2D eigenvalue weighted by atomic mass is 35.5. The topological polar surface area (TPSA) is 62.5 Å². The Bertz CT molecular complexity index is 538. The van der Waals surface area contributed by atoms with Crippen LogP contribution < -0.4 is 0 Å². The Morgan fingerprint density at radius 2 is 2.30 bits per heavy atom. The summed E-state index contributed by atoms with van der Waals surface area (Å²) in [6, 6.07) is 7.08. The van der Waals surface area contributed by atoms with Gasteiger partial charge in [-0.25, -0.2) is 0 Å². The summed E-state index contributed by atoms with van der Waals surface area (Å²) in [7, 11) is 0. The van der Waals surface area contributed by atoms with E-state index in [9.17, 15) is 4.79 Å². The van der Waals surface area contributed by atoms with Gasteiger partial charge in [-0.3, -0.25) is 9.79 Å². The Kier molecular flexibility index (Phi) is 7.06. The summed E-state index contributed by atoms with van der Waals surface area (Å²) >= 11 is 11.8. The minimum Gasteiger partial charge on any atom is -0.465 e. The average Bonchev–Trinajstić information content (AvgIpc) is 2.41. The SMILES string of the molecule is CCOC(=O)[C@@H](C#N)C=NCCc1ccc(Cl)cc1Cl. The predicted octanol–water partition coefficient (Wildman–Crippen LogP) is 3.31. The second-order valence-corrected chi connectivity index (χ2v) is 4.74. The van der Waals surface area contributed by atoms with Crippen molar-refractivity contribution in [2.75, 3.05) is 13.2 Å². The fourth-order valence-corrected chi connectivity index (χ4v) is 1.97. The van der Waals surface area contributed by atoms with Gasteiger partial charge in [0.2, 0.25) is 0 Å². The molecule has 0 aliphatic carbocycles. The maximum Gasteiger partial charge on any atom is 0.328 e. The van der Waals surface area contributed by atoms with Crippen LogP contribution in [-0.4, -0.2) is 25.3 Å². The Balaban J connectivity index is 2.52. The molecule has 20 heavy (non-hydrogen) atoms. The third kappa shape index (κ3) is 5.20. The van der Waals surface area contributed by atoms with Crippen LogP contribution in [0.5, 0.6) is 0 Å². The summed E-state index contributed by atoms with van der Waals surface area (Å²) < 4.78 is 4.75. The Morgan fingerprint density at radius 3 is 2.90 bits per heavy atom. The molecular weight excluding hydrogens is 299 g/mol. The Labute approximate surface area is 128 Å². The number of hydrogen-bond donors (Lipinski definition) is 0. The lowest BCUT2D eigenvalue weighted by Crippen LogP contribution is -2.17. The van der Waals surface area contributed by atoms with Gasteiger partial charge in [-0.2, -0.15) is 5.26 Å². The van der Waals surface area contributed by atoms with Gasteiger partial charge < -0.3 is 4.74 Å². The molecular formula is C14H14Cl2N2O2. The number of carbonyl (C=O) groups excluding carboxylic acids is 1. The summed E-state index contributed by atoms with van der Waals surface area (Å²) in [5.41, 5.74) is 0.915. The third-order valence-electron chi connectivity index (χ3n) is 2.46. The van der Waals surface area contributed by atoms with E-state index in [1.165, 1.54) is 6.21 Å². The lowest BCUT2D eigenvalue weighted by molar-refractivity contribution is -0.143. The lowest BCUT2D eigenvalue weighted by atomic mass is 10.1. The zero-order valence-electron chi connectivity index (χ0n) is 11.0. The number of halogens is 2. The molecule has 0 aliphatic rings. The molecule has 6 heteroatoms. The normalized spacial score (nSPS) is 12.1. The minimum atomic E-state index is -0.962. The van der Waals surface area contributed by atoms with Crippen LogP contribution in [0.1, 0.15) is 12.5 Å². The van der Waals surface area contributed by atoms with Crippen molar-refractivity contribution in [3.63, 3.8) is 0 Å². The third-order valence-corrected chi connectivity index (χ3v) is 3.05. The molecule has 0 saturated heterocycles. The molecule has 1 rings (SSSR count). The maximum atomic E-state index is 11.4. The highest BCUT2D eigenvalue weighted by molar-refractivity contribution is 6.35. The van der Waals surface area contributed by atoms with Gasteiger partial charge in [-0.15, -0.1) is 0 Å². The van der Waals surface area contributed by atoms with Crippen molar-refractivity contribution in [3.8, 4) is 6.07 Å². The number of nitrogens with zero attached hydrogens (tertiary/aromatic N) is 2. The Hall–Kier alpha value is -1.57. The van der Waals surface area contributed by atoms with E-state index in [1.54, 1.807) is 19.1 Å². The average molecular weight is 313 g/mol. The number of benzene rings is 1. The number of nitriles is 1. The first-order valence-electron chi connectivity index (χ1n) is 6.08. The summed E-state index contributed by atoms with van der Waals surface area (Å²) in [5, 5.41) is 9.99. The summed E-state index contributed by atoms with van der Waals surface area (Å²) in [5.74, 6) is -1.54. The van der Waals surface area contributed by atoms with Crippen LogP contribution in [0.2, 0.25) is 10.0 Å². The first-order valence-corrected chi connectivity index (χ1v) is 6.84. The van der Waals surface area contributed by atoms with Gasteiger partial charge in [0.15, 0.2) is 5.92 Å². The summed E-state index contributed by atoms with van der Waals surface area (Å²) in [6.07, 6.45) is 1.91. The molecule has 0 N–H and O–H groups in total. The number of esters is 1. The minimum absolute atomic E-state index is 0.241. The lowest BCUT2D eigenvalue weighted by Gasteiger charge is -2.04. The molecule has 1 atom stereocenters.